The smallest absolute Gasteiger partial charge is 0.242 e. The highest BCUT2D eigenvalue weighted by atomic mass is 16.2. The maximum Gasteiger partial charge on any atom is 0.242 e. The number of likely N-dealkylation sites (N-methyl/N-ethyl adjacent to an activating group) is 1. The Kier molecular flexibility index (Phi) is 4.65. The average molecular weight is 275 g/mol. The number of anilines is 1. The van der Waals surface area contributed by atoms with Crippen molar-refractivity contribution in [3.05, 3.63) is 29.8 Å². The van der Waals surface area contributed by atoms with Crippen LogP contribution in [0.2, 0.25) is 0 Å². The van der Waals surface area contributed by atoms with Crippen LogP contribution in [0.25, 0.3) is 0 Å². The van der Waals surface area contributed by atoms with Crippen molar-refractivity contribution in [1.82, 2.24) is 10.2 Å². The second kappa shape index (κ2) is 6.27. The Balaban J connectivity index is 1.88. The van der Waals surface area contributed by atoms with Gasteiger partial charge < -0.3 is 15.5 Å². The van der Waals surface area contributed by atoms with Crippen molar-refractivity contribution in [2.24, 2.45) is 5.92 Å². The predicted molar refractivity (Wildman–Crippen MR) is 82.9 cm³/mol. The molecule has 0 saturated heterocycles. The molecule has 0 bridgehead atoms. The molecule has 1 amide bonds. The minimum atomic E-state index is -0.137. The Hall–Kier alpha value is -1.55. The molecule has 2 unspecified atom stereocenters. The second-order valence-corrected chi connectivity index (χ2v) is 6.08. The summed E-state index contributed by atoms with van der Waals surface area (Å²) < 4.78 is 0. The Morgan fingerprint density at radius 1 is 1.40 bits per heavy atom. The number of nitrogens with zero attached hydrogens (tertiary/aromatic N) is 1. The van der Waals surface area contributed by atoms with Crippen molar-refractivity contribution in [2.75, 3.05) is 26.0 Å². The van der Waals surface area contributed by atoms with E-state index in [4.69, 9.17) is 0 Å². The number of carbonyl (C=O) groups is 1. The van der Waals surface area contributed by atoms with Crippen LogP contribution in [0.4, 0.5) is 5.69 Å². The fraction of sp³-hybridized carbons (Fsp3) is 0.562. The van der Waals surface area contributed by atoms with Crippen LogP contribution in [0.15, 0.2) is 24.3 Å². The zero-order valence-corrected chi connectivity index (χ0v) is 12.8. The average Bonchev–Trinajstić information content (AvgIpc) is 2.81. The van der Waals surface area contributed by atoms with Gasteiger partial charge in [-0.2, -0.15) is 0 Å². The lowest BCUT2D eigenvalue weighted by molar-refractivity contribution is -0.122. The third-order valence-electron chi connectivity index (χ3n) is 4.01. The molecule has 110 valence electrons. The van der Waals surface area contributed by atoms with E-state index in [1.54, 1.807) is 0 Å². The molecule has 0 aromatic heterocycles. The highest BCUT2D eigenvalue weighted by molar-refractivity contribution is 5.87. The molecule has 20 heavy (non-hydrogen) atoms. The third-order valence-corrected chi connectivity index (χ3v) is 4.01. The largest absolute Gasteiger partial charge is 0.373 e. The van der Waals surface area contributed by atoms with Gasteiger partial charge in [0.2, 0.25) is 5.91 Å². The van der Waals surface area contributed by atoms with Gasteiger partial charge in [0.1, 0.15) is 6.04 Å². The molecule has 1 aliphatic heterocycles. The van der Waals surface area contributed by atoms with E-state index in [1.165, 1.54) is 5.56 Å². The van der Waals surface area contributed by atoms with Gasteiger partial charge in [0.15, 0.2) is 0 Å². The fourth-order valence-electron chi connectivity index (χ4n) is 2.80. The summed E-state index contributed by atoms with van der Waals surface area (Å²) in [5.41, 5.74) is 2.31. The molecule has 2 N–H and O–H groups in total. The van der Waals surface area contributed by atoms with E-state index in [-0.39, 0.29) is 11.9 Å². The monoisotopic (exact) mass is 275 g/mol. The highest BCUT2D eigenvalue weighted by Gasteiger charge is 2.27. The zero-order valence-electron chi connectivity index (χ0n) is 12.8. The van der Waals surface area contributed by atoms with Crippen molar-refractivity contribution >= 4 is 11.6 Å². The molecule has 1 aromatic carbocycles. The van der Waals surface area contributed by atoms with Gasteiger partial charge in [-0.3, -0.25) is 4.79 Å². The van der Waals surface area contributed by atoms with Gasteiger partial charge in [0.05, 0.1) is 0 Å². The molecular formula is C16H25N3O. The Morgan fingerprint density at radius 3 is 2.70 bits per heavy atom. The number of hydrogen-bond acceptors (Lipinski definition) is 3. The SMILES string of the molecule is CC(C)C(CNC(=O)C1Cc2ccccc2N1)N(C)C. The Labute approximate surface area is 121 Å². The third kappa shape index (κ3) is 3.31. The van der Waals surface area contributed by atoms with Gasteiger partial charge in [-0.1, -0.05) is 32.0 Å². The molecule has 1 aromatic rings. The molecule has 2 atom stereocenters. The molecule has 0 radical (unpaired) electrons. The van der Waals surface area contributed by atoms with Gasteiger partial charge in [-0.25, -0.2) is 0 Å². The number of hydrogen-bond donors (Lipinski definition) is 2. The molecular weight excluding hydrogens is 250 g/mol. The van der Waals surface area contributed by atoms with Crippen LogP contribution in [0.3, 0.4) is 0 Å². The van der Waals surface area contributed by atoms with Gasteiger partial charge >= 0.3 is 0 Å². The first-order chi connectivity index (χ1) is 9.49. The molecule has 0 saturated carbocycles. The number of amides is 1. The van der Waals surface area contributed by atoms with E-state index in [2.05, 4.69) is 49.5 Å². The molecule has 2 rings (SSSR count). The van der Waals surface area contributed by atoms with Gasteiger partial charge in [0, 0.05) is 24.7 Å². The molecule has 0 fully saturated rings. The number of nitrogens with one attached hydrogen (secondary N) is 2. The lowest BCUT2D eigenvalue weighted by Crippen LogP contribution is -2.47. The molecule has 0 aliphatic carbocycles. The summed E-state index contributed by atoms with van der Waals surface area (Å²) in [6.45, 7) is 5.05. The lowest BCUT2D eigenvalue weighted by Gasteiger charge is -2.28. The number of rotatable bonds is 5. The summed E-state index contributed by atoms with van der Waals surface area (Å²) in [7, 11) is 4.11. The van der Waals surface area contributed by atoms with Crippen LogP contribution in [-0.4, -0.2) is 43.5 Å². The van der Waals surface area contributed by atoms with Crippen LogP contribution < -0.4 is 10.6 Å². The van der Waals surface area contributed by atoms with Crippen molar-refractivity contribution in [3.63, 3.8) is 0 Å². The van der Waals surface area contributed by atoms with Crippen LogP contribution in [0.5, 0.6) is 0 Å². The van der Waals surface area contributed by atoms with E-state index in [0.717, 1.165) is 12.1 Å². The molecule has 1 aliphatic rings. The summed E-state index contributed by atoms with van der Waals surface area (Å²) in [5, 5.41) is 6.37. The minimum Gasteiger partial charge on any atom is -0.373 e. The van der Waals surface area contributed by atoms with Crippen LogP contribution in [-0.2, 0) is 11.2 Å². The van der Waals surface area contributed by atoms with Crippen LogP contribution >= 0.6 is 0 Å². The topological polar surface area (TPSA) is 44.4 Å². The Morgan fingerprint density at radius 2 is 2.10 bits per heavy atom. The van der Waals surface area contributed by atoms with E-state index in [0.29, 0.717) is 18.5 Å². The first-order valence-corrected chi connectivity index (χ1v) is 7.27. The molecule has 0 spiro atoms. The second-order valence-electron chi connectivity index (χ2n) is 6.08. The first kappa shape index (κ1) is 14.9. The summed E-state index contributed by atoms with van der Waals surface area (Å²) in [4.78, 5) is 14.4. The summed E-state index contributed by atoms with van der Waals surface area (Å²) in [6, 6.07) is 8.34. The first-order valence-electron chi connectivity index (χ1n) is 7.27. The number of carbonyl (C=O) groups excluding carboxylic acids is 1. The van der Waals surface area contributed by atoms with Gasteiger partial charge in [-0.05, 0) is 31.6 Å². The van der Waals surface area contributed by atoms with E-state index in [1.807, 2.05) is 18.2 Å². The maximum absolute atomic E-state index is 12.3. The summed E-state index contributed by atoms with van der Waals surface area (Å²) >= 11 is 0. The lowest BCUT2D eigenvalue weighted by atomic mass is 10.0. The van der Waals surface area contributed by atoms with Crippen LogP contribution in [0, 0.1) is 5.92 Å². The summed E-state index contributed by atoms with van der Waals surface area (Å²) in [6.07, 6.45) is 0.774. The van der Waals surface area contributed by atoms with Crippen LogP contribution in [0.1, 0.15) is 19.4 Å². The number of benzene rings is 1. The van der Waals surface area contributed by atoms with Gasteiger partial charge in [0.25, 0.3) is 0 Å². The van der Waals surface area contributed by atoms with Gasteiger partial charge in [-0.15, -0.1) is 0 Å². The number of para-hydroxylation sites is 1. The van der Waals surface area contributed by atoms with Crippen molar-refractivity contribution in [3.8, 4) is 0 Å². The zero-order chi connectivity index (χ0) is 14.7. The normalized spacial score (nSPS) is 18.8. The van der Waals surface area contributed by atoms with Crippen molar-refractivity contribution < 1.29 is 4.79 Å². The highest BCUT2D eigenvalue weighted by Crippen LogP contribution is 2.25. The fourth-order valence-corrected chi connectivity index (χ4v) is 2.80. The predicted octanol–water partition coefficient (Wildman–Crippen LogP) is 1.73. The molecule has 4 nitrogen and oxygen atoms in total. The molecule has 4 heteroatoms. The Bertz CT molecular complexity index is 438. The van der Waals surface area contributed by atoms with Crippen molar-refractivity contribution in [1.29, 1.82) is 0 Å². The number of fused-ring (bicyclic) bond motifs is 1. The van der Waals surface area contributed by atoms with E-state index in [9.17, 15) is 4.79 Å². The quantitative estimate of drug-likeness (QED) is 0.860. The summed E-state index contributed by atoms with van der Waals surface area (Å²) in [5.74, 6) is 0.604. The standard InChI is InChI=1S/C16H25N3O/c1-11(2)15(19(3)4)10-17-16(20)14-9-12-7-5-6-8-13(12)18-14/h5-8,11,14-15,18H,9-10H2,1-4H3,(H,17,20). The maximum atomic E-state index is 12.3. The minimum absolute atomic E-state index is 0.0914. The molecule has 1 heterocycles. The van der Waals surface area contributed by atoms with Crippen molar-refractivity contribution in [2.45, 2.75) is 32.4 Å². The van der Waals surface area contributed by atoms with E-state index >= 15 is 0 Å². The van der Waals surface area contributed by atoms with E-state index < -0.39 is 0 Å².